The molecule has 0 saturated carbocycles. The second kappa shape index (κ2) is 7.31. The number of carboxylic acid groups (broad SMARTS) is 1. The molecular weight excluding hydrogens is 270 g/mol. The molecule has 1 atom stereocenters. The third kappa shape index (κ3) is 4.36. The van der Waals surface area contributed by atoms with Gasteiger partial charge in [0.25, 0.3) is 0 Å². The maximum absolute atomic E-state index is 11.5. The lowest BCUT2D eigenvalue weighted by atomic mass is 9.85. The summed E-state index contributed by atoms with van der Waals surface area (Å²) < 4.78 is 10.8. The zero-order chi connectivity index (χ0) is 15.2. The van der Waals surface area contributed by atoms with E-state index in [1.807, 2.05) is 18.2 Å². The highest BCUT2D eigenvalue weighted by Gasteiger charge is 2.31. The number of nitrogens with zero attached hydrogens (tertiary/aromatic N) is 1. The molecule has 21 heavy (non-hydrogen) atoms. The largest absolute Gasteiger partial charge is 0.497 e. The van der Waals surface area contributed by atoms with Crippen LogP contribution >= 0.6 is 0 Å². The highest BCUT2D eigenvalue weighted by atomic mass is 16.5. The number of hydrogen-bond donors (Lipinski definition) is 1. The summed E-state index contributed by atoms with van der Waals surface area (Å²) in [6, 6.07) is 7.25. The van der Waals surface area contributed by atoms with Crippen LogP contribution in [0.25, 0.3) is 0 Å². The summed E-state index contributed by atoms with van der Waals surface area (Å²) in [5, 5.41) is 9.45. The van der Waals surface area contributed by atoms with Crippen molar-refractivity contribution >= 4 is 5.97 Å². The van der Waals surface area contributed by atoms with Crippen molar-refractivity contribution in [2.45, 2.75) is 12.8 Å². The SMILES string of the molecule is COc1cccc(OCC(C(=O)O)C2CCN(C)CC2)c1. The topological polar surface area (TPSA) is 59.0 Å². The van der Waals surface area contributed by atoms with Gasteiger partial charge in [-0.15, -0.1) is 0 Å². The average molecular weight is 293 g/mol. The molecule has 0 spiro atoms. The number of rotatable bonds is 6. The van der Waals surface area contributed by atoms with Crippen LogP contribution in [-0.4, -0.2) is 49.8 Å². The van der Waals surface area contributed by atoms with Gasteiger partial charge in [0.05, 0.1) is 13.0 Å². The Kier molecular flexibility index (Phi) is 5.44. The summed E-state index contributed by atoms with van der Waals surface area (Å²) in [6.07, 6.45) is 1.82. The number of ether oxygens (including phenoxy) is 2. The maximum atomic E-state index is 11.5. The molecule has 0 radical (unpaired) electrons. The minimum absolute atomic E-state index is 0.185. The average Bonchev–Trinajstić information content (AvgIpc) is 2.49. The van der Waals surface area contributed by atoms with Crippen LogP contribution in [-0.2, 0) is 4.79 Å². The Labute approximate surface area is 125 Å². The highest BCUT2D eigenvalue weighted by molar-refractivity contribution is 5.70. The Morgan fingerprint density at radius 3 is 2.67 bits per heavy atom. The van der Waals surface area contributed by atoms with E-state index >= 15 is 0 Å². The summed E-state index contributed by atoms with van der Waals surface area (Å²) in [4.78, 5) is 13.7. The van der Waals surface area contributed by atoms with E-state index in [1.54, 1.807) is 13.2 Å². The van der Waals surface area contributed by atoms with Crippen molar-refractivity contribution in [3.63, 3.8) is 0 Å². The van der Waals surface area contributed by atoms with Gasteiger partial charge in [-0.2, -0.15) is 0 Å². The Bertz CT molecular complexity index is 469. The van der Waals surface area contributed by atoms with E-state index in [-0.39, 0.29) is 12.5 Å². The number of benzene rings is 1. The van der Waals surface area contributed by atoms with E-state index in [0.29, 0.717) is 11.5 Å². The first-order chi connectivity index (χ1) is 10.1. The predicted octanol–water partition coefficient (Wildman–Crippen LogP) is 2.12. The number of carboxylic acids is 1. The Balaban J connectivity index is 1.95. The minimum atomic E-state index is -0.771. The predicted molar refractivity (Wildman–Crippen MR) is 79.8 cm³/mol. The molecule has 0 bridgehead atoms. The van der Waals surface area contributed by atoms with Gasteiger partial charge >= 0.3 is 5.97 Å². The number of aliphatic carboxylic acids is 1. The van der Waals surface area contributed by atoms with Gasteiger partial charge in [0.1, 0.15) is 18.1 Å². The van der Waals surface area contributed by atoms with E-state index in [1.165, 1.54) is 0 Å². The molecule has 1 saturated heterocycles. The fraction of sp³-hybridized carbons (Fsp3) is 0.562. The van der Waals surface area contributed by atoms with Gasteiger partial charge < -0.3 is 19.5 Å². The molecule has 0 aliphatic carbocycles. The number of hydrogen-bond acceptors (Lipinski definition) is 4. The number of carbonyl (C=O) groups is 1. The van der Waals surface area contributed by atoms with Crippen LogP contribution in [0.15, 0.2) is 24.3 Å². The molecule has 1 aliphatic rings. The van der Waals surface area contributed by atoms with E-state index < -0.39 is 11.9 Å². The fourth-order valence-electron chi connectivity index (χ4n) is 2.72. The number of likely N-dealkylation sites (tertiary alicyclic amines) is 1. The van der Waals surface area contributed by atoms with Gasteiger partial charge in [0.15, 0.2) is 0 Å². The first kappa shape index (κ1) is 15.6. The summed E-state index contributed by atoms with van der Waals surface area (Å²) >= 11 is 0. The van der Waals surface area contributed by atoms with E-state index in [9.17, 15) is 9.90 Å². The van der Waals surface area contributed by atoms with Crippen molar-refractivity contribution in [1.82, 2.24) is 4.90 Å². The maximum Gasteiger partial charge on any atom is 0.310 e. The zero-order valence-corrected chi connectivity index (χ0v) is 12.6. The minimum Gasteiger partial charge on any atom is -0.497 e. The molecule has 5 heteroatoms. The third-order valence-electron chi connectivity index (χ3n) is 4.12. The van der Waals surface area contributed by atoms with Gasteiger partial charge in [-0.1, -0.05) is 6.07 Å². The molecule has 1 fully saturated rings. The molecule has 0 aromatic heterocycles. The van der Waals surface area contributed by atoms with Crippen LogP contribution < -0.4 is 9.47 Å². The van der Waals surface area contributed by atoms with E-state index in [4.69, 9.17) is 9.47 Å². The molecule has 1 aromatic carbocycles. The van der Waals surface area contributed by atoms with E-state index in [2.05, 4.69) is 11.9 Å². The van der Waals surface area contributed by atoms with Crippen LogP contribution in [0.1, 0.15) is 12.8 Å². The lowest BCUT2D eigenvalue weighted by molar-refractivity contribution is -0.145. The van der Waals surface area contributed by atoms with Gasteiger partial charge in [-0.25, -0.2) is 0 Å². The van der Waals surface area contributed by atoms with Crippen LogP contribution in [0.2, 0.25) is 0 Å². The van der Waals surface area contributed by atoms with Crippen molar-refractivity contribution in [2.75, 3.05) is 33.9 Å². The molecule has 0 amide bonds. The van der Waals surface area contributed by atoms with Crippen LogP contribution in [0.5, 0.6) is 11.5 Å². The molecule has 5 nitrogen and oxygen atoms in total. The molecule has 1 heterocycles. The smallest absolute Gasteiger partial charge is 0.310 e. The van der Waals surface area contributed by atoms with Crippen molar-refractivity contribution in [1.29, 1.82) is 0 Å². The van der Waals surface area contributed by atoms with Crippen molar-refractivity contribution < 1.29 is 19.4 Å². The van der Waals surface area contributed by atoms with Crippen molar-refractivity contribution in [3.05, 3.63) is 24.3 Å². The standard InChI is InChI=1S/C16H23NO4/c1-17-8-6-12(7-9-17)15(16(18)19)11-21-14-5-3-4-13(10-14)20-2/h3-5,10,12,15H,6-9,11H2,1-2H3,(H,18,19). The Morgan fingerprint density at radius 2 is 2.05 bits per heavy atom. The summed E-state index contributed by atoms with van der Waals surface area (Å²) in [5.41, 5.74) is 0. The van der Waals surface area contributed by atoms with Gasteiger partial charge in [0.2, 0.25) is 0 Å². The first-order valence-corrected chi connectivity index (χ1v) is 7.28. The highest BCUT2D eigenvalue weighted by Crippen LogP contribution is 2.26. The van der Waals surface area contributed by atoms with E-state index in [0.717, 1.165) is 25.9 Å². The van der Waals surface area contributed by atoms with Gasteiger partial charge in [-0.05, 0) is 51.0 Å². The van der Waals surface area contributed by atoms with Crippen molar-refractivity contribution in [3.8, 4) is 11.5 Å². The lowest BCUT2D eigenvalue weighted by Crippen LogP contribution is -2.38. The quantitative estimate of drug-likeness (QED) is 0.870. The number of piperidine rings is 1. The van der Waals surface area contributed by atoms with Crippen LogP contribution in [0.3, 0.4) is 0 Å². The number of methoxy groups -OCH3 is 1. The Morgan fingerprint density at radius 1 is 1.38 bits per heavy atom. The zero-order valence-electron chi connectivity index (χ0n) is 12.6. The summed E-state index contributed by atoms with van der Waals surface area (Å²) in [5.74, 6) is 0.314. The second-order valence-corrected chi connectivity index (χ2v) is 5.58. The lowest BCUT2D eigenvalue weighted by Gasteiger charge is -2.32. The summed E-state index contributed by atoms with van der Waals surface area (Å²) in [6.45, 7) is 2.11. The molecule has 1 aliphatic heterocycles. The molecule has 1 N–H and O–H groups in total. The Hall–Kier alpha value is -1.75. The fourth-order valence-corrected chi connectivity index (χ4v) is 2.72. The van der Waals surface area contributed by atoms with Gasteiger partial charge in [0, 0.05) is 6.07 Å². The van der Waals surface area contributed by atoms with Crippen LogP contribution in [0, 0.1) is 11.8 Å². The van der Waals surface area contributed by atoms with Crippen molar-refractivity contribution in [2.24, 2.45) is 11.8 Å². The first-order valence-electron chi connectivity index (χ1n) is 7.28. The molecule has 116 valence electrons. The van der Waals surface area contributed by atoms with Crippen LogP contribution in [0.4, 0.5) is 0 Å². The molecular formula is C16H23NO4. The second-order valence-electron chi connectivity index (χ2n) is 5.58. The summed E-state index contributed by atoms with van der Waals surface area (Å²) in [7, 11) is 3.66. The third-order valence-corrected chi connectivity index (χ3v) is 4.12. The molecule has 1 unspecified atom stereocenters. The molecule has 2 rings (SSSR count). The monoisotopic (exact) mass is 293 g/mol. The normalized spacial score (nSPS) is 18.2. The van der Waals surface area contributed by atoms with Gasteiger partial charge in [-0.3, -0.25) is 4.79 Å². The molecule has 1 aromatic rings.